The summed E-state index contributed by atoms with van der Waals surface area (Å²) in [6.45, 7) is 0. The summed E-state index contributed by atoms with van der Waals surface area (Å²) in [5.41, 5.74) is 1.55. The SMILES string of the molecule is COc1ccc(-c2nc(SCC(=O)Nc3ccccc3)no2)cc1. The number of nitrogens with one attached hydrogen (secondary N) is 1. The van der Waals surface area contributed by atoms with E-state index in [1.807, 2.05) is 54.6 Å². The fraction of sp³-hybridized carbons (Fsp3) is 0.118. The Morgan fingerprint density at radius 3 is 2.62 bits per heavy atom. The molecule has 122 valence electrons. The molecular weight excluding hydrogens is 326 g/mol. The first-order valence-electron chi connectivity index (χ1n) is 7.20. The molecule has 1 N–H and O–H groups in total. The molecule has 1 amide bonds. The normalized spacial score (nSPS) is 10.4. The second kappa shape index (κ2) is 7.65. The first kappa shape index (κ1) is 16.1. The average molecular weight is 341 g/mol. The average Bonchev–Trinajstić information content (AvgIpc) is 3.10. The maximum atomic E-state index is 11.9. The lowest BCUT2D eigenvalue weighted by molar-refractivity contribution is -0.113. The van der Waals surface area contributed by atoms with Gasteiger partial charge in [-0.2, -0.15) is 4.98 Å². The number of hydrogen-bond acceptors (Lipinski definition) is 6. The van der Waals surface area contributed by atoms with Crippen LogP contribution in [0.15, 0.2) is 64.3 Å². The summed E-state index contributed by atoms with van der Waals surface area (Å²) in [5, 5.41) is 7.10. The molecule has 0 aliphatic rings. The number of thioether (sulfide) groups is 1. The summed E-state index contributed by atoms with van der Waals surface area (Å²) in [7, 11) is 1.61. The molecule has 0 saturated carbocycles. The third-order valence-corrected chi connectivity index (χ3v) is 3.96. The Balaban J connectivity index is 1.56. The van der Waals surface area contributed by atoms with Crippen LogP contribution in [-0.4, -0.2) is 28.9 Å². The third-order valence-electron chi connectivity index (χ3n) is 3.13. The molecule has 0 aliphatic carbocycles. The largest absolute Gasteiger partial charge is 0.497 e. The van der Waals surface area contributed by atoms with Gasteiger partial charge in [0.25, 0.3) is 5.89 Å². The lowest BCUT2D eigenvalue weighted by atomic mass is 10.2. The fourth-order valence-corrected chi connectivity index (χ4v) is 2.54. The van der Waals surface area contributed by atoms with Gasteiger partial charge >= 0.3 is 0 Å². The first-order valence-corrected chi connectivity index (χ1v) is 8.19. The van der Waals surface area contributed by atoms with Gasteiger partial charge in [0.2, 0.25) is 11.1 Å². The van der Waals surface area contributed by atoms with Gasteiger partial charge in [0.05, 0.1) is 12.9 Å². The molecule has 24 heavy (non-hydrogen) atoms. The van der Waals surface area contributed by atoms with Crippen molar-refractivity contribution in [2.24, 2.45) is 0 Å². The topological polar surface area (TPSA) is 77.2 Å². The van der Waals surface area contributed by atoms with E-state index in [1.165, 1.54) is 11.8 Å². The van der Waals surface area contributed by atoms with Gasteiger partial charge in [0.15, 0.2) is 0 Å². The Hall–Kier alpha value is -2.80. The van der Waals surface area contributed by atoms with Gasteiger partial charge in [0.1, 0.15) is 5.75 Å². The molecule has 0 atom stereocenters. The lowest BCUT2D eigenvalue weighted by Crippen LogP contribution is -2.13. The minimum absolute atomic E-state index is 0.123. The Kier molecular flexibility index (Phi) is 5.12. The highest BCUT2D eigenvalue weighted by Gasteiger charge is 2.11. The number of ether oxygens (including phenoxy) is 1. The summed E-state index contributed by atoms with van der Waals surface area (Å²) in [4.78, 5) is 16.2. The van der Waals surface area contributed by atoms with Gasteiger partial charge in [-0.3, -0.25) is 4.79 Å². The van der Waals surface area contributed by atoms with Crippen LogP contribution in [0, 0.1) is 0 Å². The number of amides is 1. The molecule has 0 radical (unpaired) electrons. The predicted octanol–water partition coefficient (Wildman–Crippen LogP) is 3.48. The van der Waals surface area contributed by atoms with Crippen molar-refractivity contribution in [1.82, 2.24) is 10.1 Å². The van der Waals surface area contributed by atoms with Crippen LogP contribution >= 0.6 is 11.8 Å². The Bertz CT molecular complexity index is 803. The van der Waals surface area contributed by atoms with E-state index in [1.54, 1.807) is 7.11 Å². The van der Waals surface area contributed by atoms with E-state index in [9.17, 15) is 4.79 Å². The molecule has 0 spiro atoms. The van der Waals surface area contributed by atoms with Gasteiger partial charge in [-0.25, -0.2) is 0 Å². The maximum Gasteiger partial charge on any atom is 0.258 e. The molecule has 0 unspecified atom stereocenters. The zero-order chi connectivity index (χ0) is 16.8. The zero-order valence-electron chi connectivity index (χ0n) is 12.9. The van der Waals surface area contributed by atoms with E-state index >= 15 is 0 Å². The van der Waals surface area contributed by atoms with Crippen molar-refractivity contribution in [1.29, 1.82) is 0 Å². The summed E-state index contributed by atoms with van der Waals surface area (Å²) in [5.74, 6) is 1.24. The molecule has 7 heteroatoms. The molecular formula is C17H15N3O3S. The van der Waals surface area contributed by atoms with Crippen LogP contribution in [0.3, 0.4) is 0 Å². The third kappa shape index (κ3) is 4.14. The smallest absolute Gasteiger partial charge is 0.258 e. The van der Waals surface area contributed by atoms with E-state index in [-0.39, 0.29) is 11.7 Å². The molecule has 0 bridgehead atoms. The van der Waals surface area contributed by atoms with Crippen LogP contribution < -0.4 is 10.1 Å². The number of benzene rings is 2. The Labute approximate surface area is 143 Å². The molecule has 3 rings (SSSR count). The van der Waals surface area contributed by atoms with Crippen LogP contribution in [0.1, 0.15) is 0 Å². The highest BCUT2D eigenvalue weighted by molar-refractivity contribution is 7.99. The molecule has 0 saturated heterocycles. The molecule has 0 aliphatic heterocycles. The number of nitrogens with zero attached hydrogens (tertiary/aromatic N) is 2. The van der Waals surface area contributed by atoms with Crippen LogP contribution in [0.25, 0.3) is 11.5 Å². The van der Waals surface area contributed by atoms with Crippen molar-refractivity contribution in [2.45, 2.75) is 5.16 Å². The number of carbonyl (C=O) groups is 1. The Morgan fingerprint density at radius 1 is 1.17 bits per heavy atom. The van der Waals surface area contributed by atoms with Crippen molar-refractivity contribution in [2.75, 3.05) is 18.2 Å². The molecule has 0 fully saturated rings. The van der Waals surface area contributed by atoms with Crippen molar-refractivity contribution >= 4 is 23.4 Å². The summed E-state index contributed by atoms with van der Waals surface area (Å²) in [6.07, 6.45) is 0. The van der Waals surface area contributed by atoms with Gasteiger partial charge in [-0.05, 0) is 41.6 Å². The van der Waals surface area contributed by atoms with Crippen LogP contribution in [-0.2, 0) is 4.79 Å². The highest BCUT2D eigenvalue weighted by Crippen LogP contribution is 2.23. The minimum atomic E-state index is -0.123. The monoisotopic (exact) mass is 341 g/mol. The quantitative estimate of drug-likeness (QED) is 0.692. The van der Waals surface area contributed by atoms with Gasteiger partial charge in [0, 0.05) is 11.3 Å². The van der Waals surface area contributed by atoms with Crippen molar-refractivity contribution < 1.29 is 14.1 Å². The molecule has 6 nitrogen and oxygen atoms in total. The predicted molar refractivity (Wildman–Crippen MR) is 92.1 cm³/mol. The Morgan fingerprint density at radius 2 is 1.92 bits per heavy atom. The molecule has 3 aromatic rings. The number of methoxy groups -OCH3 is 1. The van der Waals surface area contributed by atoms with Crippen LogP contribution in [0.5, 0.6) is 5.75 Å². The fourth-order valence-electron chi connectivity index (χ4n) is 1.97. The van der Waals surface area contributed by atoms with E-state index < -0.39 is 0 Å². The molecule has 2 aromatic carbocycles. The molecule has 1 aromatic heterocycles. The van der Waals surface area contributed by atoms with Gasteiger partial charge in [-0.15, -0.1) is 0 Å². The summed E-state index contributed by atoms with van der Waals surface area (Å²) >= 11 is 1.22. The maximum absolute atomic E-state index is 11.9. The minimum Gasteiger partial charge on any atom is -0.497 e. The van der Waals surface area contributed by atoms with Gasteiger partial charge in [-0.1, -0.05) is 30.0 Å². The highest BCUT2D eigenvalue weighted by atomic mass is 32.2. The second-order valence-electron chi connectivity index (χ2n) is 4.81. The van der Waals surface area contributed by atoms with E-state index in [0.717, 1.165) is 17.0 Å². The second-order valence-corrected chi connectivity index (χ2v) is 5.76. The number of rotatable bonds is 6. The van der Waals surface area contributed by atoms with E-state index in [4.69, 9.17) is 9.26 Å². The zero-order valence-corrected chi connectivity index (χ0v) is 13.7. The van der Waals surface area contributed by atoms with Crippen molar-refractivity contribution in [3.63, 3.8) is 0 Å². The van der Waals surface area contributed by atoms with E-state index in [2.05, 4.69) is 15.5 Å². The summed E-state index contributed by atoms with van der Waals surface area (Å²) in [6, 6.07) is 16.6. The van der Waals surface area contributed by atoms with Crippen molar-refractivity contribution in [3.8, 4) is 17.2 Å². The van der Waals surface area contributed by atoms with Crippen LogP contribution in [0.2, 0.25) is 0 Å². The van der Waals surface area contributed by atoms with Crippen LogP contribution in [0.4, 0.5) is 5.69 Å². The first-order chi connectivity index (χ1) is 11.7. The number of para-hydroxylation sites is 1. The molecule has 1 heterocycles. The number of anilines is 1. The van der Waals surface area contributed by atoms with E-state index in [0.29, 0.717) is 11.0 Å². The van der Waals surface area contributed by atoms with Crippen molar-refractivity contribution in [3.05, 3.63) is 54.6 Å². The number of hydrogen-bond donors (Lipinski definition) is 1. The number of carbonyl (C=O) groups excluding carboxylic acids is 1. The van der Waals surface area contributed by atoms with Gasteiger partial charge < -0.3 is 14.6 Å². The summed E-state index contributed by atoms with van der Waals surface area (Å²) < 4.78 is 10.3. The number of aromatic nitrogens is 2. The standard InChI is InChI=1S/C17H15N3O3S/c1-22-14-9-7-12(8-10-14)16-19-17(20-23-16)24-11-15(21)18-13-5-3-2-4-6-13/h2-10H,11H2,1H3,(H,18,21). The lowest BCUT2D eigenvalue weighted by Gasteiger charge is -2.02.